The smallest absolute Gasteiger partial charge is 0.139 e. The molecule has 4 bridgehead atoms. The van der Waals surface area contributed by atoms with Crippen LogP contribution in [0.1, 0.15) is 154 Å². The van der Waals surface area contributed by atoms with Crippen LogP contribution in [0.25, 0.3) is 0 Å². The summed E-state index contributed by atoms with van der Waals surface area (Å²) in [5, 5.41) is 23.6. The first-order valence-electron chi connectivity index (χ1n) is 49.7. The number of fused-ring (bicyclic) bond motifs is 6. The maximum Gasteiger partial charge on any atom is 0.139 e. The van der Waals surface area contributed by atoms with E-state index in [1.807, 2.05) is 74.4 Å². The second kappa shape index (κ2) is 44.3. The highest BCUT2D eigenvalue weighted by molar-refractivity contribution is 5.56. The first-order chi connectivity index (χ1) is 63.3. The third-order valence-corrected chi connectivity index (χ3v) is 29.8. The van der Waals surface area contributed by atoms with Crippen LogP contribution in [0.4, 0.5) is 39.8 Å². The minimum absolute atomic E-state index is 0.513. The standard InChI is InChI=1S/C17H25N3O.2C15H21N3O.C14H19N3O.C14H21N3O.C13H19N3O.C12H17N3O/c1-2-15(19-5-1)12-21-17-7-16(8-18-9-17)20-10-13-3-4-14(6-13)11-20;1-2-13-4-3-12(1)18(13)14-7-15(9-16-8-14)19-10-11-5-6-17-11;1-2-13(17-3-1)10-19-15-5-14(6-16-7-15)18-8-11-4-12(11)9-18;1-2-16-12(1)9-18-14-4-13(5-15-6-14)17-7-10-3-11(10)8-17;1-2-6-17(7-3-1)13-8-14(10-15-9-13)18-11-12-4-5-16-12;1-2-6-16(5-1)12-7-13(9-14-8-12)17-10-11-3-4-15-11;1-4-15(5-1)11-6-12(8-13-7-11)16-9-10-2-3-14-10/h7-9,13-15,19H,1-6,10-12H2;7-9,11-13,17H,1-6,10H2;5-7,11-13,17H,1-4,8-10H2;4-6,10-12,16H,1-3,7-9H2;8-10,12,16H,1-7,11H2;7-9,11,15H,1-6,10H2;6-8,10,14H,1-5,9H2/t13?,14?,15-;11-,12?,13?;11?,12?,13-;10?,11?,12-;12-;11-;10-/m0000000/s1. The zero-order valence-electron chi connectivity index (χ0n) is 75.8. The van der Waals surface area contributed by atoms with Crippen LogP contribution in [0.2, 0.25) is 0 Å². The average molecular weight is 1750 g/mol. The van der Waals surface area contributed by atoms with E-state index in [9.17, 15) is 0 Å². The van der Waals surface area contributed by atoms with Crippen LogP contribution in [-0.4, -0.2) is 260 Å². The molecule has 15 aliphatic heterocycles. The molecule has 22 heterocycles. The second-order valence-electron chi connectivity index (χ2n) is 39.3. The fourth-order valence-corrected chi connectivity index (χ4v) is 20.9. The summed E-state index contributed by atoms with van der Waals surface area (Å²) in [7, 11) is 0. The monoisotopic (exact) mass is 1750 g/mol. The molecular weight excluding hydrogens is 1610 g/mol. The van der Waals surface area contributed by atoms with Gasteiger partial charge in [0.1, 0.15) is 86.5 Å². The van der Waals surface area contributed by atoms with Crippen LogP contribution in [0.15, 0.2) is 129 Å². The van der Waals surface area contributed by atoms with E-state index in [1.54, 1.807) is 12.4 Å². The molecule has 7 aromatic rings. The number of rotatable bonds is 28. The van der Waals surface area contributed by atoms with Crippen molar-refractivity contribution in [2.24, 2.45) is 35.5 Å². The Morgan fingerprint density at radius 2 is 0.477 bits per heavy atom. The lowest BCUT2D eigenvalue weighted by molar-refractivity contribution is 0.217. The van der Waals surface area contributed by atoms with Crippen molar-refractivity contribution in [2.75, 3.05) is 205 Å². The van der Waals surface area contributed by atoms with E-state index in [4.69, 9.17) is 33.2 Å². The van der Waals surface area contributed by atoms with Crippen molar-refractivity contribution >= 4 is 39.8 Å². The number of piperidine rings is 4. The fraction of sp³-hybridized carbons (Fsp3) is 0.650. The molecule has 18 fully saturated rings. The van der Waals surface area contributed by atoms with Gasteiger partial charge in [-0.2, -0.15) is 0 Å². The topological polar surface area (TPSA) is 262 Å². The molecule has 0 aromatic carbocycles. The Hall–Kier alpha value is -9.03. The number of anilines is 7. The number of pyridine rings is 7. The molecule has 28 heteroatoms. The van der Waals surface area contributed by atoms with Crippen LogP contribution < -0.4 is 105 Å². The highest BCUT2D eigenvalue weighted by Crippen LogP contribution is 2.48. The molecule has 15 saturated heterocycles. The molecule has 3 aliphatic carbocycles. The van der Waals surface area contributed by atoms with Gasteiger partial charge in [-0.05, 0) is 235 Å². The summed E-state index contributed by atoms with van der Waals surface area (Å²) in [6.07, 6.45) is 57.9. The normalized spacial score (nSPS) is 28.8. The van der Waals surface area contributed by atoms with Gasteiger partial charge in [0, 0.05) is 175 Å². The van der Waals surface area contributed by atoms with E-state index in [0.717, 1.165) is 219 Å². The van der Waals surface area contributed by atoms with Gasteiger partial charge in [-0.25, -0.2) is 0 Å². The summed E-state index contributed by atoms with van der Waals surface area (Å²) in [5.74, 6) is 11.9. The van der Waals surface area contributed by atoms with Gasteiger partial charge >= 0.3 is 0 Å². The molecule has 13 atom stereocenters. The Bertz CT molecular complexity index is 4440. The zero-order chi connectivity index (χ0) is 85.8. The highest BCUT2D eigenvalue weighted by atomic mass is 16.5. The molecule has 690 valence electrons. The predicted molar refractivity (Wildman–Crippen MR) is 506 cm³/mol. The van der Waals surface area contributed by atoms with Crippen molar-refractivity contribution in [1.82, 2.24) is 72.1 Å². The van der Waals surface area contributed by atoms with Crippen molar-refractivity contribution in [1.29, 1.82) is 0 Å². The van der Waals surface area contributed by atoms with Crippen LogP contribution in [-0.2, 0) is 0 Å². The largest absolute Gasteiger partial charge is 0.490 e. The fourth-order valence-electron chi connectivity index (χ4n) is 20.9. The van der Waals surface area contributed by atoms with Crippen molar-refractivity contribution in [3.63, 3.8) is 0 Å². The zero-order valence-corrected chi connectivity index (χ0v) is 75.8. The Labute approximate surface area is 759 Å². The van der Waals surface area contributed by atoms with E-state index in [1.165, 1.54) is 233 Å². The van der Waals surface area contributed by atoms with Gasteiger partial charge in [0.25, 0.3) is 0 Å². The number of hydrogen-bond donors (Lipinski definition) is 7. The van der Waals surface area contributed by atoms with Gasteiger partial charge in [-0.15, -0.1) is 0 Å². The quantitative estimate of drug-likeness (QED) is 0.0240. The van der Waals surface area contributed by atoms with Crippen molar-refractivity contribution in [3.8, 4) is 40.2 Å². The number of aromatic nitrogens is 7. The molecular formula is C100H143N21O7. The Kier molecular flexibility index (Phi) is 30.5. The van der Waals surface area contributed by atoms with E-state index in [-0.39, 0.29) is 0 Å². The first-order valence-corrected chi connectivity index (χ1v) is 49.7. The van der Waals surface area contributed by atoms with Crippen LogP contribution >= 0.6 is 0 Å². The van der Waals surface area contributed by atoms with Crippen molar-refractivity contribution in [2.45, 2.75) is 208 Å². The Balaban J connectivity index is 0.0000000973. The van der Waals surface area contributed by atoms with Gasteiger partial charge in [0.05, 0.1) is 127 Å². The molecule has 18 aliphatic rings. The molecule has 0 radical (unpaired) electrons. The lowest BCUT2D eigenvalue weighted by Crippen LogP contribution is -2.46. The molecule has 0 amide bonds. The molecule has 128 heavy (non-hydrogen) atoms. The average Bonchev–Trinajstić information content (AvgIpc) is 1.64. The molecule has 7 N–H and O–H groups in total. The molecule has 7 aromatic heterocycles. The van der Waals surface area contributed by atoms with Crippen LogP contribution in [0.5, 0.6) is 40.2 Å². The maximum absolute atomic E-state index is 5.94. The van der Waals surface area contributed by atoms with E-state index in [0.29, 0.717) is 42.3 Å². The van der Waals surface area contributed by atoms with Gasteiger partial charge < -0.3 is 105 Å². The van der Waals surface area contributed by atoms with Crippen molar-refractivity contribution in [3.05, 3.63) is 129 Å². The summed E-state index contributed by atoms with van der Waals surface area (Å²) < 4.78 is 40.7. The summed E-state index contributed by atoms with van der Waals surface area (Å²) in [5.41, 5.74) is 8.53. The lowest BCUT2D eigenvalue weighted by Gasteiger charge is -2.33. The third kappa shape index (κ3) is 24.8. The highest BCUT2D eigenvalue weighted by Gasteiger charge is 2.47. The van der Waals surface area contributed by atoms with Crippen molar-refractivity contribution < 1.29 is 33.2 Å². The van der Waals surface area contributed by atoms with E-state index >= 15 is 0 Å². The van der Waals surface area contributed by atoms with Crippen LogP contribution in [0.3, 0.4) is 0 Å². The molecule has 25 rings (SSSR count). The number of nitrogens with one attached hydrogen (secondary N) is 7. The number of ether oxygens (including phenoxy) is 7. The molecule has 3 saturated carbocycles. The maximum atomic E-state index is 5.94. The Morgan fingerprint density at radius 3 is 0.734 bits per heavy atom. The van der Waals surface area contributed by atoms with Gasteiger partial charge in [-0.3, -0.25) is 34.9 Å². The summed E-state index contributed by atoms with van der Waals surface area (Å²) in [6.45, 7) is 27.3. The number of nitrogens with zero attached hydrogens (tertiary/aromatic N) is 14. The second-order valence-corrected chi connectivity index (χ2v) is 39.3. The first kappa shape index (κ1) is 88.3. The van der Waals surface area contributed by atoms with E-state index in [2.05, 4.69) is 149 Å². The number of hydrogen-bond acceptors (Lipinski definition) is 28. The molecule has 0 spiro atoms. The van der Waals surface area contributed by atoms with Gasteiger partial charge in [0.2, 0.25) is 0 Å². The van der Waals surface area contributed by atoms with Gasteiger partial charge in [-0.1, -0.05) is 0 Å². The predicted octanol–water partition coefficient (Wildman–Crippen LogP) is 11.6. The van der Waals surface area contributed by atoms with Gasteiger partial charge in [0.15, 0.2) is 0 Å². The lowest BCUT2D eigenvalue weighted by atomic mass is 9.98. The minimum Gasteiger partial charge on any atom is -0.490 e. The third-order valence-electron chi connectivity index (χ3n) is 29.8. The summed E-state index contributed by atoms with van der Waals surface area (Å²) in [4.78, 5) is 47.2. The summed E-state index contributed by atoms with van der Waals surface area (Å²) in [6, 6.07) is 20.1. The van der Waals surface area contributed by atoms with Crippen LogP contribution in [0, 0.1) is 35.5 Å². The van der Waals surface area contributed by atoms with E-state index < -0.39 is 0 Å². The molecule has 28 nitrogen and oxygen atoms in total. The Morgan fingerprint density at radius 1 is 0.227 bits per heavy atom. The molecule has 6 unspecified atom stereocenters. The SMILES string of the molecule is c1ncc(N2C3CCC2CC3)cc1OC[C@@H]1CCN1.c1ncc(N2CC3CC3C2)cc1OC[C@@H]1CCCN1.c1ncc(N2CC3CC3C2)cc1OC[C@@H]1CCN1.c1ncc(N2CC3CCC(C3)C2)cc1OC[C@@H]1CCCN1.c1ncc(N2CCC2)cc1OC[C@@H]1CCN1.c1ncc(N2CCCC2)cc1OC[C@@H]1CCN1.c1ncc(N2CCCCC2)cc1OC[C@@H]1CCN1. The minimum atomic E-state index is 0.513. The summed E-state index contributed by atoms with van der Waals surface area (Å²) >= 11 is 0.